The second-order valence-electron chi connectivity index (χ2n) is 23.4. The van der Waals surface area contributed by atoms with E-state index >= 15 is 0 Å². The van der Waals surface area contributed by atoms with Crippen LogP contribution in [0.2, 0.25) is 13.0 Å². The number of nitrogens with one attached hydrogen (secondary N) is 6. The largest absolute Gasteiger partial charge is 0.450 e. The second kappa shape index (κ2) is 34.3. The molecule has 8 amide bonds. The van der Waals surface area contributed by atoms with Crippen molar-refractivity contribution in [1.29, 1.82) is 0 Å². The van der Waals surface area contributed by atoms with Crippen LogP contribution in [0, 0.1) is 0 Å². The molecule has 3 aliphatic heterocycles. The number of aromatic nitrogens is 3. The van der Waals surface area contributed by atoms with Crippen LogP contribution < -0.4 is 48.6 Å². The first kappa shape index (κ1) is 75.6. The van der Waals surface area contributed by atoms with Gasteiger partial charge in [-0.05, 0) is 141 Å². The summed E-state index contributed by atoms with van der Waals surface area (Å²) in [5.74, 6) is -2.39. The summed E-state index contributed by atoms with van der Waals surface area (Å²) in [4.78, 5) is 141. The molecule has 26 nitrogen and oxygen atoms in total. The minimum atomic E-state index is -3.52. The van der Waals surface area contributed by atoms with Crippen molar-refractivity contribution < 1.29 is 51.5 Å². The molecule has 12 rings (SSSR count). The van der Waals surface area contributed by atoms with E-state index in [4.69, 9.17) is 39.5 Å². The maximum atomic E-state index is 13.0. The van der Waals surface area contributed by atoms with Gasteiger partial charge in [-0.1, -0.05) is 53.0 Å². The Bertz CT molecular complexity index is 4910. The summed E-state index contributed by atoms with van der Waals surface area (Å²) < 4.78 is 37.1. The van der Waals surface area contributed by atoms with Crippen LogP contribution >= 0.6 is 68.8 Å². The highest BCUT2D eigenvalue weighted by Crippen LogP contribution is 2.26. The number of pyridine rings is 3. The number of hydrogen-bond acceptors (Lipinski definition) is 17. The lowest BCUT2D eigenvalue weighted by atomic mass is 10.1. The molecule has 3 saturated heterocycles. The van der Waals surface area contributed by atoms with Crippen molar-refractivity contribution >= 4 is 126 Å². The van der Waals surface area contributed by atoms with Crippen LogP contribution in [0.1, 0.15) is 80.9 Å². The standard InChI is InChI=1S/C24H23ClN4O5S.C23H23ClN4O5S2.C23H21ClN4O4S/c1-2-34-24(33)28-13-17(18(14-28)27-23(32)19-10-11-20(25)35-19)26-22(31)15-6-8-16(9-7-15)29-12-4-3-5-21(29)30;1-2-35(32,33)27-13-17(18(14-27)26-23(31)19-10-11-20(24)34-19)25-22(30)15-6-8-16(9-7-15)28-12-4-3-5-21(28)29;1-14(29)27-12-17(18(13-27)26-23(32)19-9-10-20(24)33-19)25-22(31)15-5-7-16(8-6-15)28-11-3-2-4-21(28)30/h3-12,17-18H,2,13-14H2,1H3,(H,26,31)(H,27,32);3-12,17-18H,2,13-14H2,1H3,(H,25,30)(H,26,31);2-11,17-18H,12-13H2,1H3,(H,25,31)(H,26,32)/t3*17?,18-/m111/s1. The van der Waals surface area contributed by atoms with Gasteiger partial charge < -0.3 is 46.4 Å². The van der Waals surface area contributed by atoms with Crippen molar-refractivity contribution in [1.82, 2.24) is 59.7 Å². The van der Waals surface area contributed by atoms with E-state index < -0.39 is 58.3 Å². The predicted molar refractivity (Wildman–Crippen MR) is 394 cm³/mol. The first-order chi connectivity index (χ1) is 49.3. The number of nitrogens with zero attached hydrogens (tertiary/aromatic N) is 6. The smallest absolute Gasteiger partial charge is 0.409 e. The molecule has 103 heavy (non-hydrogen) atoms. The zero-order valence-electron chi connectivity index (χ0n) is 55.1. The third-order valence-corrected chi connectivity index (χ3v) is 22.1. The van der Waals surface area contributed by atoms with E-state index in [0.717, 1.165) is 34.0 Å². The Hall–Kier alpha value is -10.1. The van der Waals surface area contributed by atoms with Crippen LogP contribution in [0.15, 0.2) is 197 Å². The maximum Gasteiger partial charge on any atom is 0.409 e. The van der Waals surface area contributed by atoms with Gasteiger partial charge in [0, 0.05) is 117 Å². The van der Waals surface area contributed by atoms with E-state index in [0.29, 0.717) is 67.9 Å². The zero-order valence-corrected chi connectivity index (χ0v) is 60.6. The molecule has 0 bridgehead atoms. The van der Waals surface area contributed by atoms with Gasteiger partial charge >= 0.3 is 6.09 Å². The number of benzene rings is 3. The number of sulfonamides is 1. The van der Waals surface area contributed by atoms with Gasteiger partial charge in [0.25, 0.3) is 52.1 Å². The van der Waals surface area contributed by atoms with Crippen LogP contribution in [0.25, 0.3) is 17.1 Å². The monoisotopic (exact) mass is 1530 g/mol. The van der Waals surface area contributed by atoms with Gasteiger partial charge in [0.1, 0.15) is 0 Å². The Morgan fingerprint density at radius 2 is 0.699 bits per heavy atom. The van der Waals surface area contributed by atoms with E-state index in [1.54, 1.807) is 183 Å². The molecule has 6 atom stereocenters. The molecule has 0 aliphatic carbocycles. The van der Waals surface area contributed by atoms with Crippen molar-refractivity contribution in [3.8, 4) is 17.1 Å². The number of rotatable bonds is 18. The number of carbonyl (C=O) groups excluding carboxylic acids is 8. The topological polar surface area (TPSA) is 328 Å². The average molecular weight is 1540 g/mol. The number of amides is 8. The van der Waals surface area contributed by atoms with Gasteiger partial charge in [0.2, 0.25) is 15.9 Å². The quantitative estimate of drug-likeness (QED) is 0.0489. The summed E-state index contributed by atoms with van der Waals surface area (Å²) in [6, 6.07) is 40.7. The van der Waals surface area contributed by atoms with Crippen LogP contribution in [-0.4, -0.2) is 172 Å². The molecule has 9 aromatic rings. The average Bonchev–Trinajstić information content (AvgIpc) is 1.74. The lowest BCUT2D eigenvalue weighted by molar-refractivity contribution is -0.127. The number of ether oxygens (including phenoxy) is 1. The molecule has 6 N–H and O–H groups in total. The van der Waals surface area contributed by atoms with Gasteiger partial charge in [-0.25, -0.2) is 13.2 Å². The summed E-state index contributed by atoms with van der Waals surface area (Å²) in [5.41, 5.74) is 2.44. The number of carbonyl (C=O) groups is 8. The van der Waals surface area contributed by atoms with Crippen molar-refractivity contribution in [3.05, 3.63) is 258 Å². The minimum absolute atomic E-state index is 0.0373. The number of halogens is 3. The SMILES string of the molecule is CC(=O)N1CC(NC(=O)c2ccc(-n3ccccc3=O)cc2)[C@H](NC(=O)c2ccc(Cl)s2)C1.CCOC(=O)N1CC(NC(=O)c2ccc(-n3ccccc3=O)cc2)[C@H](NC(=O)c2ccc(Cl)s2)C1.CCS(=O)(=O)N1CC(NC(=O)c2ccc(-n3ccccc3=O)cc2)[C@H](NC(=O)c2ccc(Cl)s2)C1. The molecular formula is C70H67Cl3N12O14S4. The molecule has 0 spiro atoms. The summed E-state index contributed by atoms with van der Waals surface area (Å²) >= 11 is 21.2. The van der Waals surface area contributed by atoms with E-state index in [9.17, 15) is 61.2 Å². The van der Waals surface area contributed by atoms with Gasteiger partial charge in [0.05, 0.1) is 76.3 Å². The van der Waals surface area contributed by atoms with Gasteiger partial charge in [-0.15, -0.1) is 34.0 Å². The lowest BCUT2D eigenvalue weighted by Crippen LogP contribution is -2.50. The Kier molecular flexibility index (Phi) is 25.2. The zero-order chi connectivity index (χ0) is 73.6. The van der Waals surface area contributed by atoms with Gasteiger partial charge in [-0.2, -0.15) is 4.31 Å². The molecule has 3 aromatic carbocycles. The van der Waals surface area contributed by atoms with E-state index in [-0.39, 0.29) is 97.2 Å². The molecular weight excluding hydrogens is 1470 g/mol. The third kappa shape index (κ3) is 19.4. The highest BCUT2D eigenvalue weighted by molar-refractivity contribution is 7.89. The number of thiophene rings is 3. The van der Waals surface area contributed by atoms with E-state index in [1.165, 1.54) is 48.0 Å². The molecule has 3 unspecified atom stereocenters. The number of likely N-dealkylation sites (tertiary alicyclic amines) is 2. The van der Waals surface area contributed by atoms with Crippen molar-refractivity contribution in [3.63, 3.8) is 0 Å². The molecule has 6 aromatic heterocycles. The molecule has 3 aliphatic rings. The highest BCUT2D eigenvalue weighted by Gasteiger charge is 2.42. The Labute approximate surface area is 616 Å². The Morgan fingerprint density at radius 1 is 0.408 bits per heavy atom. The molecule has 33 heteroatoms. The summed E-state index contributed by atoms with van der Waals surface area (Å²) in [6.07, 6.45) is 4.42. The summed E-state index contributed by atoms with van der Waals surface area (Å²) in [5, 5.41) is 17.3. The fraction of sp³-hybridized carbons (Fsp3) is 0.243. The molecule has 536 valence electrons. The minimum Gasteiger partial charge on any atom is -0.450 e. The van der Waals surface area contributed by atoms with E-state index in [1.807, 2.05) is 0 Å². The first-order valence-corrected chi connectivity index (χ1v) is 37.1. The Balaban J connectivity index is 0.000000166. The van der Waals surface area contributed by atoms with Crippen molar-refractivity contribution in [2.75, 3.05) is 51.6 Å². The van der Waals surface area contributed by atoms with Crippen LogP contribution in [0.3, 0.4) is 0 Å². The van der Waals surface area contributed by atoms with Crippen LogP contribution in [-0.2, 0) is 19.6 Å². The fourth-order valence-corrected chi connectivity index (χ4v) is 15.3. The first-order valence-electron chi connectivity index (χ1n) is 32.0. The molecule has 3 fully saturated rings. The molecule has 9 heterocycles. The number of hydrogen-bond donors (Lipinski definition) is 6. The summed E-state index contributed by atoms with van der Waals surface area (Å²) in [6.45, 7) is 5.94. The van der Waals surface area contributed by atoms with Crippen molar-refractivity contribution in [2.45, 2.75) is 57.0 Å². The molecule has 0 saturated carbocycles. The molecule has 0 radical (unpaired) electrons. The van der Waals surface area contributed by atoms with Crippen LogP contribution in [0.4, 0.5) is 4.79 Å². The summed E-state index contributed by atoms with van der Waals surface area (Å²) in [7, 11) is -3.52. The fourth-order valence-electron chi connectivity index (χ4n) is 11.3. The second-order valence-corrected chi connectivity index (χ2v) is 30.8. The van der Waals surface area contributed by atoms with Crippen molar-refractivity contribution in [2.24, 2.45) is 0 Å². The van der Waals surface area contributed by atoms with Crippen LogP contribution in [0.5, 0.6) is 0 Å². The maximum absolute atomic E-state index is 13.0. The normalized spacial score (nSPS) is 17.7. The highest BCUT2D eigenvalue weighted by atomic mass is 35.5. The van der Waals surface area contributed by atoms with Gasteiger partial charge in [0.15, 0.2) is 0 Å². The van der Waals surface area contributed by atoms with E-state index in [2.05, 4.69) is 31.9 Å². The lowest BCUT2D eigenvalue weighted by Gasteiger charge is -2.21. The van der Waals surface area contributed by atoms with Gasteiger partial charge in [-0.3, -0.25) is 61.6 Å². The third-order valence-electron chi connectivity index (χ3n) is 16.6. The predicted octanol–water partition coefficient (Wildman–Crippen LogP) is 7.35. The Morgan fingerprint density at radius 3 is 0.961 bits per heavy atom.